The van der Waals surface area contributed by atoms with Gasteiger partial charge >= 0.3 is 0 Å². The van der Waals surface area contributed by atoms with Crippen molar-refractivity contribution in [3.63, 3.8) is 0 Å². The zero-order valence-electron chi connectivity index (χ0n) is 13.3. The topological polar surface area (TPSA) is 34.5 Å². The largest absolute Gasteiger partial charge is 0.491 e. The lowest BCUT2D eigenvalue weighted by Crippen LogP contribution is -2.02. The van der Waals surface area contributed by atoms with Crippen molar-refractivity contribution in [2.75, 3.05) is 6.61 Å². The molecule has 0 fully saturated rings. The molecule has 3 aromatic rings. The number of pyridine rings is 1. The molecule has 2 aromatic carbocycles. The first-order chi connectivity index (χ1) is 11.8. The summed E-state index contributed by atoms with van der Waals surface area (Å²) < 4.78 is 5.51. The van der Waals surface area contributed by atoms with Crippen molar-refractivity contribution in [1.82, 2.24) is 4.98 Å². The minimum atomic E-state index is 0.344. The van der Waals surface area contributed by atoms with Crippen LogP contribution >= 0.6 is 11.6 Å². The fourth-order valence-corrected chi connectivity index (χ4v) is 2.51. The van der Waals surface area contributed by atoms with Gasteiger partial charge in [-0.2, -0.15) is 0 Å². The second kappa shape index (κ2) is 7.75. The van der Waals surface area contributed by atoms with Gasteiger partial charge in [0, 0.05) is 17.2 Å². The number of halogens is 1. The van der Waals surface area contributed by atoms with Crippen molar-refractivity contribution >= 4 is 23.0 Å². The molecule has 0 amide bonds. The molecule has 0 aliphatic carbocycles. The summed E-state index contributed by atoms with van der Waals surface area (Å²) in [7, 11) is 0. The first kappa shape index (κ1) is 16.2. The lowest BCUT2D eigenvalue weighted by Gasteiger charge is -2.09. The molecule has 3 rings (SSSR count). The maximum Gasteiger partial charge on any atom is 0.171 e. The summed E-state index contributed by atoms with van der Waals surface area (Å²) in [4.78, 5) is 8.97. The zero-order chi connectivity index (χ0) is 16.8. The summed E-state index contributed by atoms with van der Waals surface area (Å²) >= 11 is 6.06. The Balaban J connectivity index is 2.09. The van der Waals surface area contributed by atoms with Crippen LogP contribution in [0.15, 0.2) is 77.9 Å². The smallest absolute Gasteiger partial charge is 0.171 e. The minimum absolute atomic E-state index is 0.344. The van der Waals surface area contributed by atoms with E-state index in [1.54, 1.807) is 6.20 Å². The van der Waals surface area contributed by atoms with Crippen molar-refractivity contribution in [2.24, 2.45) is 4.99 Å². The van der Waals surface area contributed by atoms with Crippen LogP contribution in [0.2, 0.25) is 5.15 Å². The van der Waals surface area contributed by atoms with E-state index in [0.717, 1.165) is 16.8 Å². The Morgan fingerprint density at radius 1 is 1.00 bits per heavy atom. The van der Waals surface area contributed by atoms with E-state index >= 15 is 0 Å². The zero-order valence-corrected chi connectivity index (χ0v) is 14.1. The molecule has 120 valence electrons. The first-order valence-corrected chi connectivity index (χ1v) is 8.13. The molecule has 3 nitrogen and oxygen atoms in total. The van der Waals surface area contributed by atoms with Crippen LogP contribution in [0.1, 0.15) is 18.1 Å². The Labute approximate surface area is 146 Å². The van der Waals surface area contributed by atoms with Crippen LogP contribution in [0, 0.1) is 0 Å². The predicted octanol–water partition coefficient (Wildman–Crippen LogP) is 5.30. The molecule has 4 heteroatoms. The number of ether oxygens (including phenoxy) is 1. The van der Waals surface area contributed by atoms with E-state index in [9.17, 15) is 0 Å². The number of nitrogens with zero attached hydrogens (tertiary/aromatic N) is 2. The van der Waals surface area contributed by atoms with E-state index in [-0.39, 0.29) is 0 Å². The van der Waals surface area contributed by atoms with E-state index in [2.05, 4.69) is 4.98 Å². The Hall–Kier alpha value is -2.65. The van der Waals surface area contributed by atoms with Crippen molar-refractivity contribution in [3.8, 4) is 5.75 Å². The maximum absolute atomic E-state index is 6.06. The quantitative estimate of drug-likeness (QED) is 0.468. The highest BCUT2D eigenvalue weighted by molar-refractivity contribution is 6.30. The lowest BCUT2D eigenvalue weighted by atomic mass is 10.0. The summed E-state index contributed by atoms with van der Waals surface area (Å²) in [6.07, 6.45) is 1.65. The lowest BCUT2D eigenvalue weighted by molar-refractivity contribution is 0.339. The third-order valence-electron chi connectivity index (χ3n) is 3.43. The number of rotatable bonds is 5. The Morgan fingerprint density at radius 3 is 2.12 bits per heavy atom. The van der Waals surface area contributed by atoms with Crippen LogP contribution < -0.4 is 4.74 Å². The second-order valence-corrected chi connectivity index (χ2v) is 5.47. The van der Waals surface area contributed by atoms with Gasteiger partial charge in [-0.3, -0.25) is 0 Å². The molecule has 1 aromatic heterocycles. The molecule has 0 bridgehead atoms. The summed E-state index contributed by atoms with van der Waals surface area (Å²) in [5.41, 5.74) is 3.65. The van der Waals surface area contributed by atoms with E-state index in [1.165, 1.54) is 0 Å². The minimum Gasteiger partial charge on any atom is -0.491 e. The number of aromatic nitrogens is 1. The summed E-state index contributed by atoms with van der Waals surface area (Å²) in [6.45, 7) is 2.43. The van der Waals surface area contributed by atoms with Gasteiger partial charge in [0.2, 0.25) is 0 Å². The summed E-state index contributed by atoms with van der Waals surface area (Å²) in [6, 6.07) is 21.9. The van der Waals surface area contributed by atoms with Crippen molar-refractivity contribution in [2.45, 2.75) is 6.92 Å². The number of hydrogen-bond acceptors (Lipinski definition) is 3. The first-order valence-electron chi connectivity index (χ1n) is 7.76. The van der Waals surface area contributed by atoms with E-state index in [0.29, 0.717) is 23.2 Å². The van der Waals surface area contributed by atoms with Crippen molar-refractivity contribution in [1.29, 1.82) is 0 Å². The molecule has 0 radical (unpaired) electrons. The van der Waals surface area contributed by atoms with Crippen molar-refractivity contribution < 1.29 is 4.74 Å². The van der Waals surface area contributed by atoms with E-state index < -0.39 is 0 Å². The van der Waals surface area contributed by atoms with E-state index in [1.807, 2.05) is 73.7 Å². The monoisotopic (exact) mass is 336 g/mol. The van der Waals surface area contributed by atoms with Crippen LogP contribution in [-0.2, 0) is 0 Å². The normalized spacial score (nSPS) is 10.2. The number of benzene rings is 2. The van der Waals surface area contributed by atoms with Crippen LogP contribution in [0.3, 0.4) is 0 Å². The van der Waals surface area contributed by atoms with Gasteiger partial charge < -0.3 is 4.74 Å². The van der Waals surface area contributed by atoms with Gasteiger partial charge in [0.1, 0.15) is 0 Å². The highest BCUT2D eigenvalue weighted by Crippen LogP contribution is 2.27. The number of aliphatic imine (C=N–C) groups is 1. The highest BCUT2D eigenvalue weighted by Gasteiger charge is 2.09. The highest BCUT2D eigenvalue weighted by atomic mass is 35.5. The van der Waals surface area contributed by atoms with Gasteiger partial charge in [-0.1, -0.05) is 72.3 Å². The molecule has 0 aliphatic heterocycles. The molecule has 1 heterocycles. The molecule has 0 spiro atoms. The Morgan fingerprint density at radius 2 is 1.58 bits per heavy atom. The molecular formula is C20H17ClN2O. The van der Waals surface area contributed by atoms with Gasteiger partial charge in [-0.25, -0.2) is 9.98 Å². The summed E-state index contributed by atoms with van der Waals surface area (Å²) in [5.74, 6) is 0.542. The third-order valence-corrected chi connectivity index (χ3v) is 3.71. The average molecular weight is 337 g/mol. The Bertz CT molecular complexity index is 791. The molecular weight excluding hydrogens is 320 g/mol. The standard InChI is InChI=1S/C20H17ClN2O/c1-2-24-18-13-17(14-22-20(18)21)23-19(15-9-5-3-6-10-15)16-11-7-4-8-12-16/h3-14H,2H2,1H3. The fourth-order valence-electron chi connectivity index (χ4n) is 2.35. The molecule has 0 aliphatic rings. The van der Waals surface area contributed by atoms with Gasteiger partial charge in [-0.05, 0) is 6.92 Å². The third kappa shape index (κ3) is 3.81. The summed E-state index contributed by atoms with van der Waals surface area (Å²) in [5, 5.41) is 0.344. The van der Waals surface area contributed by atoms with Crippen LogP contribution in [-0.4, -0.2) is 17.3 Å². The fraction of sp³-hybridized carbons (Fsp3) is 0.100. The van der Waals surface area contributed by atoms with Crippen LogP contribution in [0.4, 0.5) is 5.69 Å². The van der Waals surface area contributed by atoms with Gasteiger partial charge in [0.15, 0.2) is 10.9 Å². The van der Waals surface area contributed by atoms with Crippen LogP contribution in [0.5, 0.6) is 5.75 Å². The number of hydrogen-bond donors (Lipinski definition) is 0. The molecule has 0 unspecified atom stereocenters. The Kier molecular flexibility index (Phi) is 5.24. The maximum atomic E-state index is 6.06. The van der Waals surface area contributed by atoms with Crippen molar-refractivity contribution in [3.05, 3.63) is 89.2 Å². The molecule has 0 atom stereocenters. The van der Waals surface area contributed by atoms with Gasteiger partial charge in [-0.15, -0.1) is 0 Å². The molecule has 0 saturated heterocycles. The van der Waals surface area contributed by atoms with Gasteiger partial charge in [0.25, 0.3) is 0 Å². The van der Waals surface area contributed by atoms with Gasteiger partial charge in [0.05, 0.1) is 24.2 Å². The van der Waals surface area contributed by atoms with E-state index in [4.69, 9.17) is 21.3 Å². The van der Waals surface area contributed by atoms with Crippen LogP contribution in [0.25, 0.3) is 0 Å². The average Bonchev–Trinajstić information content (AvgIpc) is 2.64. The second-order valence-electron chi connectivity index (χ2n) is 5.11. The SMILES string of the molecule is CCOc1cc(N=C(c2ccccc2)c2ccccc2)cnc1Cl. The molecule has 24 heavy (non-hydrogen) atoms. The predicted molar refractivity (Wildman–Crippen MR) is 98.6 cm³/mol. The molecule has 0 saturated carbocycles. The molecule has 0 N–H and O–H groups in total.